The molecule has 1 aliphatic heterocycles. The molecule has 3 nitrogen and oxygen atoms in total. The number of nitrogens with one attached hydrogen (secondary N) is 2. The van der Waals surface area contributed by atoms with Crippen LogP contribution in [0.5, 0.6) is 0 Å². The average molecular weight is 344 g/mol. The van der Waals surface area contributed by atoms with Crippen LogP contribution in [-0.2, 0) is 0 Å². The third kappa shape index (κ3) is 3.42. The summed E-state index contributed by atoms with van der Waals surface area (Å²) in [4.78, 5) is 12.1. The van der Waals surface area contributed by atoms with Crippen molar-refractivity contribution in [1.82, 2.24) is 10.6 Å². The Bertz CT molecular complexity index is 414. The van der Waals surface area contributed by atoms with Crippen LogP contribution in [-0.4, -0.2) is 25.0 Å². The van der Waals surface area contributed by atoms with E-state index < -0.39 is 0 Å². The zero-order chi connectivity index (χ0) is 12.3. The van der Waals surface area contributed by atoms with Crippen LogP contribution in [0.4, 0.5) is 0 Å². The van der Waals surface area contributed by atoms with Crippen molar-refractivity contribution in [3.63, 3.8) is 0 Å². The van der Waals surface area contributed by atoms with E-state index in [1.807, 2.05) is 25.1 Å². The molecule has 0 saturated carbocycles. The van der Waals surface area contributed by atoms with Gasteiger partial charge in [-0.1, -0.05) is 11.6 Å². The first kappa shape index (κ1) is 12.8. The molecular formula is C13H17IN2O. The van der Waals surface area contributed by atoms with E-state index in [0.717, 1.165) is 40.6 Å². The monoisotopic (exact) mass is 344 g/mol. The Morgan fingerprint density at radius 3 is 3.06 bits per heavy atom. The number of halogens is 1. The lowest BCUT2D eigenvalue weighted by molar-refractivity contribution is 0.0929. The van der Waals surface area contributed by atoms with E-state index in [1.165, 1.54) is 0 Å². The van der Waals surface area contributed by atoms with Crippen LogP contribution < -0.4 is 10.6 Å². The highest BCUT2D eigenvalue weighted by Gasteiger charge is 2.17. The maximum absolute atomic E-state index is 12.1. The fourth-order valence-electron chi connectivity index (χ4n) is 2.05. The van der Waals surface area contributed by atoms with Gasteiger partial charge in [-0.25, -0.2) is 0 Å². The Morgan fingerprint density at radius 2 is 2.35 bits per heavy atom. The van der Waals surface area contributed by atoms with Crippen LogP contribution >= 0.6 is 22.6 Å². The minimum Gasteiger partial charge on any atom is -0.348 e. The molecule has 1 aliphatic rings. The van der Waals surface area contributed by atoms with E-state index in [2.05, 4.69) is 33.2 Å². The Kier molecular flexibility index (Phi) is 4.39. The predicted octanol–water partition coefficient (Wildman–Crippen LogP) is 2.08. The Hall–Kier alpha value is -0.620. The summed E-state index contributed by atoms with van der Waals surface area (Å²) in [5.74, 6) is 0.0480. The standard InChI is InChI=1S/C13H17IN2O/c1-9-4-5-12(14)11(7-9)13(17)16-10-3-2-6-15-8-10/h4-5,7,10,15H,2-3,6,8H2,1H3,(H,16,17). The van der Waals surface area contributed by atoms with Crippen LogP contribution in [0.2, 0.25) is 0 Å². The summed E-state index contributed by atoms with van der Waals surface area (Å²) in [6, 6.07) is 6.24. The number of carbonyl (C=O) groups is 1. The zero-order valence-electron chi connectivity index (χ0n) is 9.92. The maximum atomic E-state index is 12.1. The predicted molar refractivity (Wildman–Crippen MR) is 77.3 cm³/mol. The van der Waals surface area contributed by atoms with E-state index in [0.29, 0.717) is 0 Å². The first-order valence-corrected chi connectivity index (χ1v) is 7.02. The first-order chi connectivity index (χ1) is 8.16. The number of carbonyl (C=O) groups excluding carboxylic acids is 1. The molecule has 0 bridgehead atoms. The van der Waals surface area contributed by atoms with Gasteiger partial charge < -0.3 is 10.6 Å². The zero-order valence-corrected chi connectivity index (χ0v) is 12.1. The van der Waals surface area contributed by atoms with Crippen molar-refractivity contribution >= 4 is 28.5 Å². The number of hydrogen-bond acceptors (Lipinski definition) is 2. The van der Waals surface area contributed by atoms with E-state index >= 15 is 0 Å². The summed E-state index contributed by atoms with van der Waals surface area (Å²) >= 11 is 2.21. The van der Waals surface area contributed by atoms with Crippen molar-refractivity contribution in [2.75, 3.05) is 13.1 Å². The maximum Gasteiger partial charge on any atom is 0.252 e. The van der Waals surface area contributed by atoms with Crippen LogP contribution in [0.15, 0.2) is 18.2 Å². The highest BCUT2D eigenvalue weighted by atomic mass is 127. The molecule has 1 atom stereocenters. The van der Waals surface area contributed by atoms with Gasteiger partial charge in [-0.15, -0.1) is 0 Å². The smallest absolute Gasteiger partial charge is 0.252 e. The number of hydrogen-bond donors (Lipinski definition) is 2. The van der Waals surface area contributed by atoms with E-state index in [-0.39, 0.29) is 11.9 Å². The van der Waals surface area contributed by atoms with Gasteiger partial charge in [-0.05, 0) is 61.0 Å². The van der Waals surface area contributed by atoms with Crippen LogP contribution in [0.1, 0.15) is 28.8 Å². The summed E-state index contributed by atoms with van der Waals surface area (Å²) in [7, 11) is 0. The van der Waals surface area contributed by atoms with Gasteiger partial charge in [0.05, 0.1) is 5.56 Å². The fourth-order valence-corrected chi connectivity index (χ4v) is 2.63. The molecule has 0 radical (unpaired) electrons. The minimum atomic E-state index is 0.0480. The van der Waals surface area contributed by atoms with Gasteiger partial charge in [-0.3, -0.25) is 4.79 Å². The van der Waals surface area contributed by atoms with Crippen molar-refractivity contribution in [3.8, 4) is 0 Å². The first-order valence-electron chi connectivity index (χ1n) is 5.94. The van der Waals surface area contributed by atoms with Crippen molar-refractivity contribution < 1.29 is 4.79 Å². The summed E-state index contributed by atoms with van der Waals surface area (Å²) < 4.78 is 1.01. The number of rotatable bonds is 2. The highest BCUT2D eigenvalue weighted by molar-refractivity contribution is 14.1. The summed E-state index contributed by atoms with van der Waals surface area (Å²) in [5, 5.41) is 6.40. The quantitative estimate of drug-likeness (QED) is 0.807. The molecule has 1 saturated heterocycles. The third-order valence-electron chi connectivity index (χ3n) is 3.00. The molecular weight excluding hydrogens is 327 g/mol. The van der Waals surface area contributed by atoms with Gasteiger partial charge in [0.1, 0.15) is 0 Å². The molecule has 17 heavy (non-hydrogen) atoms. The Morgan fingerprint density at radius 1 is 1.53 bits per heavy atom. The second kappa shape index (κ2) is 5.82. The molecule has 1 amide bonds. The van der Waals surface area contributed by atoms with Gasteiger partial charge in [0, 0.05) is 16.2 Å². The van der Waals surface area contributed by atoms with Crippen LogP contribution in [0.3, 0.4) is 0 Å². The number of benzene rings is 1. The molecule has 92 valence electrons. The highest BCUT2D eigenvalue weighted by Crippen LogP contribution is 2.14. The molecule has 1 aromatic rings. The normalized spacial score (nSPS) is 20.0. The summed E-state index contributed by atoms with van der Waals surface area (Å²) in [6.07, 6.45) is 2.21. The summed E-state index contributed by atoms with van der Waals surface area (Å²) in [6.45, 7) is 3.96. The largest absolute Gasteiger partial charge is 0.348 e. The van der Waals surface area contributed by atoms with Crippen molar-refractivity contribution in [2.24, 2.45) is 0 Å². The van der Waals surface area contributed by atoms with E-state index in [1.54, 1.807) is 0 Å². The third-order valence-corrected chi connectivity index (χ3v) is 3.94. The molecule has 2 rings (SSSR count). The second-order valence-corrected chi connectivity index (χ2v) is 5.66. The van der Waals surface area contributed by atoms with Gasteiger partial charge in [0.2, 0.25) is 0 Å². The van der Waals surface area contributed by atoms with Crippen molar-refractivity contribution in [2.45, 2.75) is 25.8 Å². The SMILES string of the molecule is Cc1ccc(I)c(C(=O)NC2CCCNC2)c1. The lowest BCUT2D eigenvalue weighted by atomic mass is 10.1. The molecule has 0 spiro atoms. The van der Waals surface area contributed by atoms with Crippen LogP contribution in [0.25, 0.3) is 0 Å². The Labute approximate surface area is 116 Å². The van der Waals surface area contributed by atoms with Crippen LogP contribution in [0, 0.1) is 10.5 Å². The van der Waals surface area contributed by atoms with Gasteiger partial charge in [-0.2, -0.15) is 0 Å². The fraction of sp³-hybridized carbons (Fsp3) is 0.462. The molecule has 1 aromatic carbocycles. The summed E-state index contributed by atoms with van der Waals surface area (Å²) in [5.41, 5.74) is 1.91. The molecule has 4 heteroatoms. The minimum absolute atomic E-state index is 0.0480. The van der Waals surface area contributed by atoms with Crippen molar-refractivity contribution in [1.29, 1.82) is 0 Å². The molecule has 1 heterocycles. The average Bonchev–Trinajstić information content (AvgIpc) is 2.33. The van der Waals surface area contributed by atoms with Gasteiger partial charge in [0.25, 0.3) is 5.91 Å². The number of amides is 1. The van der Waals surface area contributed by atoms with Gasteiger partial charge >= 0.3 is 0 Å². The molecule has 1 fully saturated rings. The molecule has 0 aliphatic carbocycles. The van der Waals surface area contributed by atoms with E-state index in [4.69, 9.17) is 0 Å². The number of aryl methyl sites for hydroxylation is 1. The molecule has 1 unspecified atom stereocenters. The molecule has 2 N–H and O–H groups in total. The number of piperidine rings is 1. The van der Waals surface area contributed by atoms with Crippen molar-refractivity contribution in [3.05, 3.63) is 32.9 Å². The lowest BCUT2D eigenvalue weighted by Gasteiger charge is -2.24. The topological polar surface area (TPSA) is 41.1 Å². The molecule has 0 aromatic heterocycles. The van der Waals surface area contributed by atoms with E-state index in [9.17, 15) is 4.79 Å². The second-order valence-electron chi connectivity index (χ2n) is 4.50. The van der Waals surface area contributed by atoms with Gasteiger partial charge in [0.15, 0.2) is 0 Å². The Balaban J connectivity index is 2.05. The lowest BCUT2D eigenvalue weighted by Crippen LogP contribution is -2.45.